The fourth-order valence-corrected chi connectivity index (χ4v) is 2.72. The average Bonchev–Trinajstić information content (AvgIpc) is 3.26. The van der Waals surface area contributed by atoms with Crippen LogP contribution in [0.3, 0.4) is 0 Å². The van der Waals surface area contributed by atoms with Crippen molar-refractivity contribution >= 4 is 10.8 Å². The summed E-state index contributed by atoms with van der Waals surface area (Å²) in [4.78, 5) is 4.04. The molecular weight excluding hydrogens is 286 g/mol. The first kappa shape index (κ1) is 13.7. The molecule has 0 saturated carbocycles. The minimum Gasteiger partial charge on any atom is -0.337 e. The highest BCUT2D eigenvalue weighted by Crippen LogP contribution is 2.22. The Morgan fingerprint density at radius 3 is 2.74 bits per heavy atom. The quantitative estimate of drug-likeness (QED) is 0.568. The number of hydrogen-bond donors (Lipinski definition) is 0. The van der Waals surface area contributed by atoms with Gasteiger partial charge in [-0.25, -0.2) is 4.98 Å². The molecule has 0 fully saturated rings. The Kier molecular flexibility index (Phi) is 3.60. The Hall–Kier alpha value is -2.95. The molecule has 0 atom stereocenters. The zero-order valence-corrected chi connectivity index (χ0v) is 12.7. The van der Waals surface area contributed by atoms with Gasteiger partial charge in [0.1, 0.15) is 5.69 Å². The van der Waals surface area contributed by atoms with Gasteiger partial charge in [0.15, 0.2) is 0 Å². The highest BCUT2D eigenvalue weighted by molar-refractivity contribution is 5.86. The first-order valence-corrected chi connectivity index (χ1v) is 7.73. The summed E-state index contributed by atoms with van der Waals surface area (Å²) in [5, 5.41) is 11.0. The zero-order chi connectivity index (χ0) is 15.5. The van der Waals surface area contributed by atoms with Crippen molar-refractivity contribution in [1.82, 2.24) is 24.5 Å². The first-order chi connectivity index (χ1) is 11.4. The summed E-state index contributed by atoms with van der Waals surface area (Å²) >= 11 is 0. The number of rotatable bonds is 5. The van der Waals surface area contributed by atoms with E-state index in [2.05, 4.69) is 62.3 Å². The Bertz CT molecular complexity index is 908. The Morgan fingerprint density at radius 1 is 0.957 bits per heavy atom. The van der Waals surface area contributed by atoms with Crippen LogP contribution in [-0.2, 0) is 13.1 Å². The summed E-state index contributed by atoms with van der Waals surface area (Å²) in [6.07, 6.45) is 8.62. The third kappa shape index (κ3) is 2.99. The average molecular weight is 303 g/mol. The molecule has 0 aliphatic heterocycles. The van der Waals surface area contributed by atoms with Crippen molar-refractivity contribution in [3.63, 3.8) is 0 Å². The second-order valence-electron chi connectivity index (χ2n) is 5.58. The molecule has 0 aliphatic rings. The molecule has 23 heavy (non-hydrogen) atoms. The van der Waals surface area contributed by atoms with Crippen LogP contribution in [0.4, 0.5) is 0 Å². The maximum Gasteiger partial charge on any atom is 0.113 e. The summed E-state index contributed by atoms with van der Waals surface area (Å²) in [6.45, 7) is 1.78. The van der Waals surface area contributed by atoms with E-state index >= 15 is 0 Å². The van der Waals surface area contributed by atoms with Crippen molar-refractivity contribution in [3.8, 4) is 11.3 Å². The molecule has 4 rings (SSSR count). The normalized spacial score (nSPS) is 11.1. The molecule has 0 aliphatic carbocycles. The third-order valence-corrected chi connectivity index (χ3v) is 3.95. The number of aryl methyl sites for hydroxylation is 2. The maximum absolute atomic E-state index is 4.30. The predicted molar refractivity (Wildman–Crippen MR) is 89.8 cm³/mol. The summed E-state index contributed by atoms with van der Waals surface area (Å²) < 4.78 is 3.97. The molecule has 4 aromatic rings. The molecule has 114 valence electrons. The van der Waals surface area contributed by atoms with Crippen molar-refractivity contribution in [2.75, 3.05) is 0 Å². The Labute approximate surface area is 134 Å². The van der Waals surface area contributed by atoms with Crippen LogP contribution >= 0.6 is 0 Å². The zero-order valence-electron chi connectivity index (χ0n) is 12.7. The number of hydrogen-bond acceptors (Lipinski definition) is 3. The van der Waals surface area contributed by atoms with Gasteiger partial charge in [-0.15, -0.1) is 5.10 Å². The lowest BCUT2D eigenvalue weighted by molar-refractivity contribution is 0.514. The van der Waals surface area contributed by atoms with Crippen molar-refractivity contribution in [2.45, 2.75) is 19.5 Å². The Morgan fingerprint density at radius 2 is 1.87 bits per heavy atom. The molecule has 5 heteroatoms. The molecule has 0 bridgehead atoms. The molecule has 2 aromatic heterocycles. The summed E-state index contributed by atoms with van der Waals surface area (Å²) in [5.74, 6) is 0. The number of nitrogens with zero attached hydrogens (tertiary/aromatic N) is 5. The van der Waals surface area contributed by atoms with Gasteiger partial charge in [-0.2, -0.15) is 0 Å². The van der Waals surface area contributed by atoms with E-state index in [0.717, 1.165) is 30.8 Å². The van der Waals surface area contributed by atoms with E-state index in [1.54, 1.807) is 6.20 Å². The molecule has 2 heterocycles. The fourth-order valence-electron chi connectivity index (χ4n) is 2.72. The van der Waals surface area contributed by atoms with E-state index in [4.69, 9.17) is 0 Å². The van der Waals surface area contributed by atoms with Crippen LogP contribution in [0.15, 0.2) is 67.4 Å². The van der Waals surface area contributed by atoms with Gasteiger partial charge in [0.2, 0.25) is 0 Å². The minimum absolute atomic E-state index is 0.846. The number of aromatic nitrogens is 5. The van der Waals surface area contributed by atoms with Crippen LogP contribution in [0.2, 0.25) is 0 Å². The summed E-state index contributed by atoms with van der Waals surface area (Å²) in [7, 11) is 0. The van der Waals surface area contributed by atoms with Gasteiger partial charge in [-0.05, 0) is 23.3 Å². The largest absolute Gasteiger partial charge is 0.337 e. The van der Waals surface area contributed by atoms with Gasteiger partial charge in [-0.3, -0.25) is 4.68 Å². The second-order valence-corrected chi connectivity index (χ2v) is 5.58. The lowest BCUT2D eigenvalue weighted by Crippen LogP contribution is -2.03. The third-order valence-electron chi connectivity index (χ3n) is 3.95. The van der Waals surface area contributed by atoms with E-state index in [9.17, 15) is 0 Å². The van der Waals surface area contributed by atoms with Gasteiger partial charge >= 0.3 is 0 Å². The van der Waals surface area contributed by atoms with Gasteiger partial charge in [0.05, 0.1) is 12.5 Å². The predicted octanol–water partition coefficient (Wildman–Crippen LogP) is 3.39. The lowest BCUT2D eigenvalue weighted by Gasteiger charge is -2.02. The molecule has 0 unspecified atom stereocenters. The highest BCUT2D eigenvalue weighted by Gasteiger charge is 2.05. The highest BCUT2D eigenvalue weighted by atomic mass is 15.4. The number of benzene rings is 2. The van der Waals surface area contributed by atoms with E-state index < -0.39 is 0 Å². The molecule has 2 aromatic carbocycles. The van der Waals surface area contributed by atoms with Gasteiger partial charge in [0, 0.05) is 31.0 Å². The molecule has 0 amide bonds. The van der Waals surface area contributed by atoms with Crippen LogP contribution in [-0.4, -0.2) is 24.5 Å². The van der Waals surface area contributed by atoms with E-state index in [1.807, 2.05) is 23.4 Å². The SMILES string of the molecule is c1ccc2cc(-c3cn(CCCn4ccnc4)nn3)ccc2c1. The molecular formula is C18H17N5. The Balaban J connectivity index is 1.47. The molecule has 0 spiro atoms. The van der Waals surface area contributed by atoms with E-state index in [0.29, 0.717) is 0 Å². The van der Waals surface area contributed by atoms with Crippen molar-refractivity contribution in [2.24, 2.45) is 0 Å². The van der Waals surface area contributed by atoms with Crippen LogP contribution in [0.25, 0.3) is 22.0 Å². The van der Waals surface area contributed by atoms with Crippen molar-refractivity contribution in [3.05, 3.63) is 67.4 Å². The van der Waals surface area contributed by atoms with Gasteiger partial charge in [0.25, 0.3) is 0 Å². The van der Waals surface area contributed by atoms with Crippen molar-refractivity contribution in [1.29, 1.82) is 0 Å². The minimum atomic E-state index is 0.846. The van der Waals surface area contributed by atoms with Crippen molar-refractivity contribution < 1.29 is 0 Å². The summed E-state index contributed by atoms with van der Waals surface area (Å²) in [6, 6.07) is 14.7. The molecule has 5 nitrogen and oxygen atoms in total. The standard InChI is InChI=1S/C18H17N5/c1-2-5-16-12-17(7-6-15(16)4-1)18-13-23(21-20-18)10-3-9-22-11-8-19-14-22/h1-2,4-8,11-14H,3,9-10H2. The number of fused-ring (bicyclic) bond motifs is 1. The first-order valence-electron chi connectivity index (χ1n) is 7.73. The van der Waals surface area contributed by atoms with Crippen LogP contribution in [0.1, 0.15) is 6.42 Å². The second kappa shape index (κ2) is 6.04. The van der Waals surface area contributed by atoms with Crippen LogP contribution < -0.4 is 0 Å². The van der Waals surface area contributed by atoms with Gasteiger partial charge < -0.3 is 4.57 Å². The molecule has 0 radical (unpaired) electrons. The lowest BCUT2D eigenvalue weighted by atomic mass is 10.1. The van der Waals surface area contributed by atoms with E-state index in [1.165, 1.54) is 10.8 Å². The summed E-state index contributed by atoms with van der Waals surface area (Å²) in [5.41, 5.74) is 2.02. The molecule has 0 saturated heterocycles. The fraction of sp³-hybridized carbons (Fsp3) is 0.167. The van der Waals surface area contributed by atoms with Crippen LogP contribution in [0, 0.1) is 0 Å². The monoisotopic (exact) mass is 303 g/mol. The number of imidazole rings is 1. The topological polar surface area (TPSA) is 48.5 Å². The molecule has 0 N–H and O–H groups in total. The maximum atomic E-state index is 4.30. The van der Waals surface area contributed by atoms with Gasteiger partial charge in [-0.1, -0.05) is 41.6 Å². The van der Waals surface area contributed by atoms with E-state index in [-0.39, 0.29) is 0 Å². The van der Waals surface area contributed by atoms with Crippen LogP contribution in [0.5, 0.6) is 0 Å². The smallest absolute Gasteiger partial charge is 0.113 e.